The van der Waals surface area contributed by atoms with Crippen molar-refractivity contribution < 1.29 is 17.9 Å². The zero-order chi connectivity index (χ0) is 16.2. The molecule has 0 saturated carbocycles. The van der Waals surface area contributed by atoms with E-state index in [-0.39, 0.29) is 22.1 Å². The number of unbranched alkanes of at least 4 members (excludes halogenated alkanes) is 1. The number of hydrogen-bond acceptors (Lipinski definition) is 4. The number of carbonyl (C=O) groups is 1. The fraction of sp³-hybridized carbons (Fsp3) is 0.462. The lowest BCUT2D eigenvalue weighted by Crippen LogP contribution is -2.28. The number of nitrogens with two attached hydrogens (primary N) is 1. The fourth-order valence-electron chi connectivity index (χ4n) is 1.82. The molecule has 0 aliphatic heterocycles. The fourth-order valence-corrected chi connectivity index (χ4v) is 3.31. The standard InChI is InChI=1S/C13H19BrN2O4S/c1-4-5-6-16(2)13(17)9-7-10(14)12(20-3)11(8-9)21(15,18)19/h7-8H,4-6H2,1-3H3,(H2,15,18,19). The second kappa shape index (κ2) is 7.24. The van der Waals surface area contributed by atoms with Crippen LogP contribution in [0.5, 0.6) is 5.75 Å². The van der Waals surface area contributed by atoms with Crippen molar-refractivity contribution in [1.82, 2.24) is 4.90 Å². The Labute approximate surface area is 133 Å². The molecule has 0 saturated heterocycles. The molecule has 0 fully saturated rings. The number of halogens is 1. The van der Waals surface area contributed by atoms with Gasteiger partial charge in [-0.25, -0.2) is 13.6 Å². The SMILES string of the molecule is CCCCN(C)C(=O)c1cc(Br)c(OC)c(S(N)(=O)=O)c1. The normalized spacial score (nSPS) is 11.3. The molecule has 0 spiro atoms. The van der Waals surface area contributed by atoms with Crippen LogP contribution in [0.3, 0.4) is 0 Å². The Bertz CT molecular complexity index is 631. The van der Waals surface area contributed by atoms with Crippen molar-refractivity contribution >= 4 is 31.9 Å². The first kappa shape index (κ1) is 17.9. The summed E-state index contributed by atoms with van der Waals surface area (Å²) in [6, 6.07) is 2.77. The van der Waals surface area contributed by atoms with Gasteiger partial charge in [0.1, 0.15) is 4.90 Å². The highest BCUT2D eigenvalue weighted by atomic mass is 79.9. The maximum Gasteiger partial charge on any atom is 0.253 e. The van der Waals surface area contributed by atoms with Crippen molar-refractivity contribution in [2.45, 2.75) is 24.7 Å². The number of sulfonamides is 1. The predicted molar refractivity (Wildman–Crippen MR) is 83.9 cm³/mol. The molecule has 1 aromatic rings. The Morgan fingerprint density at radius 1 is 1.43 bits per heavy atom. The molecule has 0 aromatic heterocycles. The van der Waals surface area contributed by atoms with Gasteiger partial charge >= 0.3 is 0 Å². The van der Waals surface area contributed by atoms with Gasteiger partial charge in [0.2, 0.25) is 10.0 Å². The highest BCUT2D eigenvalue weighted by Gasteiger charge is 2.22. The van der Waals surface area contributed by atoms with E-state index in [9.17, 15) is 13.2 Å². The quantitative estimate of drug-likeness (QED) is 0.819. The van der Waals surface area contributed by atoms with E-state index < -0.39 is 10.0 Å². The summed E-state index contributed by atoms with van der Waals surface area (Å²) in [5, 5.41) is 5.17. The minimum atomic E-state index is -3.99. The lowest BCUT2D eigenvalue weighted by Gasteiger charge is -2.18. The maximum atomic E-state index is 12.3. The first-order chi connectivity index (χ1) is 9.72. The third kappa shape index (κ3) is 4.42. The van der Waals surface area contributed by atoms with Crippen molar-refractivity contribution in [1.29, 1.82) is 0 Å². The highest BCUT2D eigenvalue weighted by molar-refractivity contribution is 9.10. The molecule has 1 aromatic carbocycles. The highest BCUT2D eigenvalue weighted by Crippen LogP contribution is 2.33. The molecule has 1 rings (SSSR count). The Morgan fingerprint density at radius 2 is 2.05 bits per heavy atom. The maximum absolute atomic E-state index is 12.3. The Hall–Kier alpha value is -1.12. The van der Waals surface area contributed by atoms with Crippen molar-refractivity contribution in [3.63, 3.8) is 0 Å². The number of carbonyl (C=O) groups excluding carboxylic acids is 1. The topological polar surface area (TPSA) is 89.7 Å². The average Bonchev–Trinajstić information content (AvgIpc) is 2.41. The van der Waals surface area contributed by atoms with E-state index >= 15 is 0 Å². The second-order valence-electron chi connectivity index (χ2n) is 4.61. The lowest BCUT2D eigenvalue weighted by molar-refractivity contribution is 0.0793. The minimum Gasteiger partial charge on any atom is -0.494 e. The van der Waals surface area contributed by atoms with Crippen molar-refractivity contribution in [2.75, 3.05) is 20.7 Å². The van der Waals surface area contributed by atoms with Crippen LogP contribution >= 0.6 is 15.9 Å². The molecule has 0 unspecified atom stereocenters. The van der Waals surface area contributed by atoms with Crippen LogP contribution in [0.4, 0.5) is 0 Å². The van der Waals surface area contributed by atoms with Gasteiger partial charge in [-0.1, -0.05) is 13.3 Å². The third-order valence-electron chi connectivity index (χ3n) is 2.96. The number of rotatable bonds is 6. The molecule has 0 atom stereocenters. The molecular formula is C13H19BrN2O4S. The van der Waals surface area contributed by atoms with Crippen LogP contribution in [0, 0.1) is 0 Å². The number of primary sulfonamides is 1. The Balaban J connectivity index is 3.27. The molecule has 1 amide bonds. The van der Waals surface area contributed by atoms with Gasteiger partial charge in [0.05, 0.1) is 11.6 Å². The van der Waals surface area contributed by atoms with E-state index in [2.05, 4.69) is 15.9 Å². The third-order valence-corrected chi connectivity index (χ3v) is 4.47. The number of methoxy groups -OCH3 is 1. The van der Waals surface area contributed by atoms with Gasteiger partial charge in [-0.05, 0) is 34.5 Å². The van der Waals surface area contributed by atoms with E-state index in [1.54, 1.807) is 11.9 Å². The van der Waals surface area contributed by atoms with Crippen LogP contribution in [0.25, 0.3) is 0 Å². The van der Waals surface area contributed by atoms with Crippen LogP contribution in [0.1, 0.15) is 30.1 Å². The lowest BCUT2D eigenvalue weighted by atomic mass is 10.2. The summed E-state index contributed by atoms with van der Waals surface area (Å²) >= 11 is 3.20. The number of amides is 1. The average molecular weight is 379 g/mol. The van der Waals surface area contributed by atoms with Gasteiger partial charge in [0.15, 0.2) is 5.75 Å². The van der Waals surface area contributed by atoms with Crippen molar-refractivity contribution in [3.05, 3.63) is 22.2 Å². The van der Waals surface area contributed by atoms with E-state index in [4.69, 9.17) is 9.88 Å². The van der Waals surface area contributed by atoms with Crippen LogP contribution in [0.2, 0.25) is 0 Å². The molecule has 0 heterocycles. The van der Waals surface area contributed by atoms with Gasteiger partial charge in [0.25, 0.3) is 5.91 Å². The second-order valence-corrected chi connectivity index (χ2v) is 7.00. The predicted octanol–water partition coefficient (Wildman–Crippen LogP) is 1.98. The van der Waals surface area contributed by atoms with Gasteiger partial charge < -0.3 is 9.64 Å². The molecule has 118 valence electrons. The van der Waals surface area contributed by atoms with Gasteiger partial charge in [-0.2, -0.15) is 0 Å². The summed E-state index contributed by atoms with van der Waals surface area (Å²) in [6.45, 7) is 2.63. The molecule has 2 N–H and O–H groups in total. The van der Waals surface area contributed by atoms with Crippen molar-refractivity contribution in [2.24, 2.45) is 5.14 Å². The zero-order valence-corrected chi connectivity index (χ0v) is 14.6. The number of hydrogen-bond donors (Lipinski definition) is 1. The molecule has 0 aliphatic rings. The Kier molecular flexibility index (Phi) is 6.18. The smallest absolute Gasteiger partial charge is 0.253 e. The van der Waals surface area contributed by atoms with Crippen LogP contribution in [-0.2, 0) is 10.0 Å². The number of nitrogens with zero attached hydrogens (tertiary/aromatic N) is 1. The molecule has 0 bridgehead atoms. The number of ether oxygens (including phenoxy) is 1. The van der Waals surface area contributed by atoms with Gasteiger partial charge in [0, 0.05) is 19.2 Å². The number of benzene rings is 1. The molecular weight excluding hydrogens is 360 g/mol. The van der Waals surface area contributed by atoms with E-state index in [0.29, 0.717) is 11.0 Å². The van der Waals surface area contributed by atoms with Crippen molar-refractivity contribution in [3.8, 4) is 5.75 Å². The first-order valence-corrected chi connectivity index (χ1v) is 8.72. The van der Waals surface area contributed by atoms with E-state index in [0.717, 1.165) is 12.8 Å². The first-order valence-electron chi connectivity index (χ1n) is 6.38. The van der Waals surface area contributed by atoms with Gasteiger partial charge in [-0.15, -0.1) is 0 Å². The summed E-state index contributed by atoms with van der Waals surface area (Å²) in [5.74, 6) is -0.179. The van der Waals surface area contributed by atoms with E-state index in [1.807, 2.05) is 6.92 Å². The summed E-state index contributed by atoms with van der Waals surface area (Å²) in [5.41, 5.74) is 0.241. The monoisotopic (exact) mass is 378 g/mol. The molecule has 0 radical (unpaired) electrons. The summed E-state index contributed by atoms with van der Waals surface area (Å²) in [4.78, 5) is 13.6. The van der Waals surface area contributed by atoms with Crippen LogP contribution in [-0.4, -0.2) is 39.9 Å². The summed E-state index contributed by atoms with van der Waals surface area (Å²) in [6.07, 6.45) is 1.84. The largest absolute Gasteiger partial charge is 0.494 e. The molecule has 8 heteroatoms. The summed E-state index contributed by atoms with van der Waals surface area (Å²) < 4.78 is 28.7. The Morgan fingerprint density at radius 3 is 2.52 bits per heavy atom. The molecule has 0 aliphatic carbocycles. The molecule has 6 nitrogen and oxygen atoms in total. The van der Waals surface area contributed by atoms with Gasteiger partial charge in [-0.3, -0.25) is 4.79 Å². The minimum absolute atomic E-state index is 0.0882. The summed E-state index contributed by atoms with van der Waals surface area (Å²) in [7, 11) is -0.982. The van der Waals surface area contributed by atoms with E-state index in [1.165, 1.54) is 19.2 Å². The zero-order valence-electron chi connectivity index (χ0n) is 12.2. The van der Waals surface area contributed by atoms with Crippen LogP contribution < -0.4 is 9.88 Å². The van der Waals surface area contributed by atoms with Crippen LogP contribution in [0.15, 0.2) is 21.5 Å². The molecule has 21 heavy (non-hydrogen) atoms.